The predicted molar refractivity (Wildman–Crippen MR) is 81.2 cm³/mol. The number of hydrogen-bond donors (Lipinski definition) is 0. The normalized spacial score (nSPS) is 57.3. The zero-order valence-electron chi connectivity index (χ0n) is 8.54. The molecule has 0 nitrogen and oxygen atoms in total. The molecular weight excluding hydrogens is 404 g/mol. The summed E-state index contributed by atoms with van der Waals surface area (Å²) in [4.78, 5) is -2.50. The first-order valence-electron chi connectivity index (χ1n) is 5.21. The fourth-order valence-electron chi connectivity index (χ4n) is 3.48. The predicted octanol–water partition coefficient (Wildman–Crippen LogP) is 5.68. The van der Waals surface area contributed by atoms with Crippen LogP contribution in [0.2, 0.25) is 0 Å². The topological polar surface area (TPSA) is 0 Å². The van der Waals surface area contributed by atoms with Crippen LogP contribution in [0.4, 0.5) is 0 Å². The van der Waals surface area contributed by atoms with Crippen LogP contribution in [0.25, 0.3) is 0 Å². The molecular formula is C10H6Cl8. The third-order valence-electron chi connectivity index (χ3n) is 4.32. The highest BCUT2D eigenvalue weighted by Crippen LogP contribution is 2.79. The van der Waals surface area contributed by atoms with Gasteiger partial charge in [0.15, 0.2) is 4.33 Å². The maximum atomic E-state index is 6.62. The Balaban J connectivity index is 2.26. The van der Waals surface area contributed by atoms with Gasteiger partial charge in [0.25, 0.3) is 0 Å². The van der Waals surface area contributed by atoms with Gasteiger partial charge in [0.05, 0.1) is 20.8 Å². The summed E-state index contributed by atoms with van der Waals surface area (Å²) in [5.41, 5.74) is 0. The van der Waals surface area contributed by atoms with E-state index in [0.717, 1.165) is 0 Å². The van der Waals surface area contributed by atoms with Crippen LogP contribution in [-0.4, -0.2) is 24.8 Å². The van der Waals surface area contributed by atoms with Gasteiger partial charge in [-0.15, -0.1) is 46.4 Å². The molecule has 2 bridgehead atoms. The molecule has 0 amide bonds. The zero-order chi connectivity index (χ0) is 13.7. The lowest BCUT2D eigenvalue weighted by molar-refractivity contribution is 0.385. The fourth-order valence-corrected chi connectivity index (χ4v) is 7.46. The average molecular weight is 410 g/mol. The van der Waals surface area contributed by atoms with E-state index in [9.17, 15) is 0 Å². The molecule has 0 aromatic rings. The number of halogens is 8. The van der Waals surface area contributed by atoms with Crippen molar-refractivity contribution in [3.63, 3.8) is 0 Å². The van der Waals surface area contributed by atoms with E-state index < -0.39 is 19.5 Å². The first-order chi connectivity index (χ1) is 8.11. The molecule has 0 spiro atoms. The lowest BCUT2D eigenvalue weighted by Gasteiger charge is -2.35. The maximum absolute atomic E-state index is 6.62. The summed E-state index contributed by atoms with van der Waals surface area (Å²) in [7, 11) is 0. The molecule has 8 heteroatoms. The largest absolute Gasteiger partial charge is 0.166 e. The molecule has 6 atom stereocenters. The lowest BCUT2D eigenvalue weighted by atomic mass is 9.84. The summed E-state index contributed by atoms with van der Waals surface area (Å²) in [6.07, 6.45) is 0.555. The number of allylic oxidation sites excluding steroid dienone is 2. The molecule has 0 radical (unpaired) electrons. The van der Waals surface area contributed by atoms with E-state index in [1.54, 1.807) is 0 Å². The van der Waals surface area contributed by atoms with Crippen molar-refractivity contribution in [2.45, 2.75) is 31.3 Å². The van der Waals surface area contributed by atoms with Gasteiger partial charge in [-0.3, -0.25) is 0 Å². The molecule has 18 heavy (non-hydrogen) atoms. The molecule has 0 aliphatic heterocycles. The molecule has 3 aliphatic carbocycles. The Morgan fingerprint density at radius 2 is 1.39 bits per heavy atom. The van der Waals surface area contributed by atoms with Crippen molar-refractivity contribution in [1.29, 1.82) is 0 Å². The minimum Gasteiger partial charge on any atom is -0.121 e. The van der Waals surface area contributed by atoms with E-state index in [2.05, 4.69) is 0 Å². The van der Waals surface area contributed by atoms with Crippen LogP contribution in [0.1, 0.15) is 6.42 Å². The van der Waals surface area contributed by atoms with Crippen LogP contribution in [0.15, 0.2) is 10.1 Å². The molecule has 2 unspecified atom stereocenters. The number of hydrogen-bond acceptors (Lipinski definition) is 0. The van der Waals surface area contributed by atoms with Crippen LogP contribution in [0.5, 0.6) is 0 Å². The van der Waals surface area contributed by atoms with Crippen LogP contribution in [0.3, 0.4) is 0 Å². The van der Waals surface area contributed by atoms with Crippen LogP contribution in [-0.2, 0) is 0 Å². The number of alkyl halides is 6. The summed E-state index contributed by atoms with van der Waals surface area (Å²) in [5, 5.41) is -0.259. The fraction of sp³-hybridized carbons (Fsp3) is 0.800. The van der Waals surface area contributed by atoms with Gasteiger partial charge in [-0.05, 0) is 12.3 Å². The summed E-state index contributed by atoms with van der Waals surface area (Å²) in [5.74, 6) is -0.488. The van der Waals surface area contributed by atoms with Gasteiger partial charge >= 0.3 is 0 Å². The Morgan fingerprint density at radius 1 is 0.889 bits per heavy atom. The van der Waals surface area contributed by atoms with Crippen LogP contribution >= 0.6 is 92.8 Å². The molecule has 2 saturated carbocycles. The summed E-state index contributed by atoms with van der Waals surface area (Å²) >= 11 is 51.0. The molecule has 0 N–H and O–H groups in total. The van der Waals surface area contributed by atoms with Gasteiger partial charge in [0.1, 0.15) is 9.75 Å². The van der Waals surface area contributed by atoms with E-state index in [-0.39, 0.29) is 27.3 Å². The van der Waals surface area contributed by atoms with E-state index in [0.29, 0.717) is 6.42 Å². The Bertz CT molecular complexity index is 459. The smallest absolute Gasteiger partial charge is 0.121 e. The number of fused-ring (bicyclic) bond motifs is 5. The Kier molecular flexibility index (Phi) is 3.39. The molecule has 102 valence electrons. The molecule has 3 rings (SSSR count). The van der Waals surface area contributed by atoms with Crippen molar-refractivity contribution in [2.75, 3.05) is 0 Å². The molecule has 3 aliphatic rings. The first-order valence-corrected chi connectivity index (χ1v) is 8.35. The Labute approximate surface area is 145 Å². The highest BCUT2D eigenvalue weighted by molar-refractivity contribution is 6.66. The summed E-state index contributed by atoms with van der Waals surface area (Å²) < 4.78 is -1.50. The second kappa shape index (κ2) is 4.07. The monoisotopic (exact) mass is 406 g/mol. The highest BCUT2D eigenvalue weighted by atomic mass is 35.5. The van der Waals surface area contributed by atoms with Crippen molar-refractivity contribution < 1.29 is 0 Å². The second-order valence-corrected chi connectivity index (χ2v) is 9.29. The van der Waals surface area contributed by atoms with Gasteiger partial charge in [-0.25, -0.2) is 0 Å². The van der Waals surface area contributed by atoms with Gasteiger partial charge in [-0.2, -0.15) is 0 Å². The van der Waals surface area contributed by atoms with Gasteiger partial charge in [-0.1, -0.05) is 46.4 Å². The van der Waals surface area contributed by atoms with E-state index in [4.69, 9.17) is 92.8 Å². The van der Waals surface area contributed by atoms with Crippen molar-refractivity contribution in [2.24, 2.45) is 11.8 Å². The van der Waals surface area contributed by atoms with Gasteiger partial charge in [0.2, 0.25) is 0 Å². The first kappa shape index (κ1) is 15.0. The van der Waals surface area contributed by atoms with Crippen LogP contribution in [0, 0.1) is 11.8 Å². The zero-order valence-corrected chi connectivity index (χ0v) is 14.6. The van der Waals surface area contributed by atoms with E-state index >= 15 is 0 Å². The highest BCUT2D eigenvalue weighted by Gasteiger charge is 2.84. The minimum absolute atomic E-state index is 0.184. The SMILES string of the molecule is ClC1=C(Cl)[C@]2(Cl)C3C(C[C@H](Cl)[C@@H]3Cl)[C@@]1(Cl)C2(Cl)Cl. The summed E-state index contributed by atoms with van der Waals surface area (Å²) in [6.45, 7) is 0. The van der Waals surface area contributed by atoms with Crippen molar-refractivity contribution in [3.8, 4) is 0 Å². The van der Waals surface area contributed by atoms with Gasteiger partial charge < -0.3 is 0 Å². The minimum atomic E-state index is -1.50. The average Bonchev–Trinajstić information content (AvgIpc) is 2.69. The van der Waals surface area contributed by atoms with Crippen molar-refractivity contribution in [1.82, 2.24) is 0 Å². The lowest BCUT2D eigenvalue weighted by Crippen LogP contribution is -2.47. The van der Waals surface area contributed by atoms with E-state index in [1.807, 2.05) is 0 Å². The molecule has 0 aromatic carbocycles. The quantitative estimate of drug-likeness (QED) is 0.451. The molecule has 2 fully saturated rings. The maximum Gasteiger partial charge on any atom is 0.166 e. The molecule has 0 aromatic heterocycles. The van der Waals surface area contributed by atoms with Crippen molar-refractivity contribution in [3.05, 3.63) is 10.1 Å². The van der Waals surface area contributed by atoms with E-state index in [1.165, 1.54) is 0 Å². The Hall–Kier alpha value is 2.06. The van der Waals surface area contributed by atoms with Crippen molar-refractivity contribution >= 4 is 92.8 Å². The second-order valence-electron chi connectivity index (χ2n) is 4.95. The third-order valence-corrected chi connectivity index (χ3v) is 9.79. The molecule has 0 heterocycles. The Morgan fingerprint density at radius 3 is 1.94 bits per heavy atom. The summed E-state index contributed by atoms with van der Waals surface area (Å²) in [6, 6.07) is 0. The van der Waals surface area contributed by atoms with Gasteiger partial charge in [0, 0.05) is 5.92 Å². The third kappa shape index (κ3) is 1.28. The van der Waals surface area contributed by atoms with Crippen LogP contribution < -0.4 is 0 Å². The molecule has 0 saturated heterocycles. The number of rotatable bonds is 0. The standard InChI is InChI=1S/C10H6Cl8/c11-3-1-2-4(5(3)12)9(16)7(14)6(13)8(2,15)10(9,17)18/h2-5H,1H2/t2?,3-,4?,5-,8-,9+/m0/s1.